The van der Waals surface area contributed by atoms with Gasteiger partial charge in [0.2, 0.25) is 0 Å². The Hall–Kier alpha value is -1.94. The molecular weight excluding hydrogens is 1260 g/mol. The van der Waals surface area contributed by atoms with Crippen molar-refractivity contribution >= 4 is 39.5 Å². The van der Waals surface area contributed by atoms with Crippen molar-refractivity contribution in [2.45, 2.75) is 419 Å². The zero-order chi connectivity index (χ0) is 70.7. The van der Waals surface area contributed by atoms with Gasteiger partial charge in [-0.3, -0.25) is 37.3 Å². The number of hydrogen-bond donors (Lipinski definition) is 3. The number of aliphatic hydroxyl groups is 1. The first-order valence-corrected chi connectivity index (χ1v) is 43.1. The molecule has 96 heavy (non-hydrogen) atoms. The summed E-state index contributed by atoms with van der Waals surface area (Å²) < 4.78 is 68.5. The monoisotopic (exact) mass is 1410 g/mol. The van der Waals surface area contributed by atoms with Crippen LogP contribution in [-0.2, 0) is 65.4 Å². The number of ether oxygens (including phenoxy) is 4. The van der Waals surface area contributed by atoms with Gasteiger partial charge in [0, 0.05) is 25.7 Å². The molecule has 0 saturated heterocycles. The molecule has 0 fully saturated rings. The van der Waals surface area contributed by atoms with Gasteiger partial charge in [-0.2, -0.15) is 0 Å². The van der Waals surface area contributed by atoms with Crippen LogP contribution in [0, 0.1) is 11.8 Å². The van der Waals surface area contributed by atoms with Crippen LogP contribution in [0.5, 0.6) is 0 Å². The number of hydrogen-bond acceptors (Lipinski definition) is 15. The molecule has 0 spiro atoms. The molecule has 0 amide bonds. The minimum Gasteiger partial charge on any atom is -0.462 e. The summed E-state index contributed by atoms with van der Waals surface area (Å²) in [5.41, 5.74) is 0. The van der Waals surface area contributed by atoms with E-state index in [-0.39, 0.29) is 25.7 Å². The van der Waals surface area contributed by atoms with Gasteiger partial charge in [-0.25, -0.2) is 9.13 Å². The Morgan fingerprint density at radius 3 is 0.740 bits per heavy atom. The average molecular weight is 1410 g/mol. The second kappa shape index (κ2) is 68.8. The second-order valence-electron chi connectivity index (χ2n) is 28.2. The number of unbranched alkanes of at least 4 members (excludes halogenated alkanes) is 44. The van der Waals surface area contributed by atoms with Gasteiger partial charge in [0.25, 0.3) is 0 Å². The van der Waals surface area contributed by atoms with E-state index < -0.39 is 97.5 Å². The summed E-state index contributed by atoms with van der Waals surface area (Å²) in [6.07, 6.45) is 56.9. The lowest BCUT2D eigenvalue weighted by Crippen LogP contribution is -2.30. The van der Waals surface area contributed by atoms with Crippen molar-refractivity contribution in [2.24, 2.45) is 11.8 Å². The predicted molar refractivity (Wildman–Crippen MR) is 391 cm³/mol. The molecular formula is C77H150O17P2. The van der Waals surface area contributed by atoms with Crippen LogP contribution in [0.3, 0.4) is 0 Å². The van der Waals surface area contributed by atoms with E-state index in [4.69, 9.17) is 37.0 Å². The summed E-state index contributed by atoms with van der Waals surface area (Å²) in [5.74, 6) is -0.539. The zero-order valence-electron chi connectivity index (χ0n) is 62.7. The number of phosphoric acid groups is 2. The first-order valence-electron chi connectivity index (χ1n) is 40.1. The highest BCUT2D eigenvalue weighted by Crippen LogP contribution is 2.45. The fourth-order valence-corrected chi connectivity index (χ4v) is 13.3. The Bertz CT molecular complexity index is 1860. The van der Waals surface area contributed by atoms with E-state index in [1.54, 1.807) is 0 Å². The molecule has 17 nitrogen and oxygen atoms in total. The van der Waals surface area contributed by atoms with Crippen molar-refractivity contribution in [2.75, 3.05) is 39.6 Å². The first-order chi connectivity index (χ1) is 46.4. The lowest BCUT2D eigenvalue weighted by Gasteiger charge is -2.21. The summed E-state index contributed by atoms with van der Waals surface area (Å²) in [6.45, 7) is 9.61. The highest BCUT2D eigenvalue weighted by atomic mass is 31.2. The van der Waals surface area contributed by atoms with Gasteiger partial charge in [0.1, 0.15) is 19.3 Å². The van der Waals surface area contributed by atoms with Gasteiger partial charge in [0.05, 0.1) is 26.4 Å². The lowest BCUT2D eigenvalue weighted by molar-refractivity contribution is -0.161. The normalized spacial score (nSPS) is 14.6. The van der Waals surface area contributed by atoms with E-state index in [1.165, 1.54) is 218 Å². The SMILES string of the molecule is CCCCCCCCCCCCCCCCCCCCCCCC(=O)O[C@H](COC(=O)CCCCCCCCCCCCC(C)CC)COP(=O)(O)OC[C@@H](O)COP(=O)(O)OC[C@@H](COC(=O)CCCCCCCCCCC)OC(=O)CCCCCCCCCCC(C)CC. The summed E-state index contributed by atoms with van der Waals surface area (Å²) in [4.78, 5) is 72.8. The Morgan fingerprint density at radius 1 is 0.292 bits per heavy atom. The van der Waals surface area contributed by atoms with Crippen molar-refractivity contribution in [1.29, 1.82) is 0 Å². The van der Waals surface area contributed by atoms with Gasteiger partial charge in [-0.1, -0.05) is 350 Å². The van der Waals surface area contributed by atoms with Gasteiger partial charge >= 0.3 is 39.5 Å². The molecule has 0 heterocycles. The smallest absolute Gasteiger partial charge is 0.462 e. The van der Waals surface area contributed by atoms with Gasteiger partial charge in [-0.15, -0.1) is 0 Å². The molecule has 0 rings (SSSR count). The van der Waals surface area contributed by atoms with Crippen molar-refractivity contribution in [1.82, 2.24) is 0 Å². The van der Waals surface area contributed by atoms with Gasteiger partial charge < -0.3 is 33.8 Å². The quantitative estimate of drug-likeness (QED) is 0.0222. The summed E-state index contributed by atoms with van der Waals surface area (Å²) in [7, 11) is -9.91. The van der Waals surface area contributed by atoms with Crippen molar-refractivity contribution < 1.29 is 80.2 Å². The van der Waals surface area contributed by atoms with Crippen LogP contribution in [-0.4, -0.2) is 96.7 Å². The van der Waals surface area contributed by atoms with Crippen LogP contribution in [0.4, 0.5) is 0 Å². The maximum atomic E-state index is 13.1. The van der Waals surface area contributed by atoms with E-state index in [0.717, 1.165) is 102 Å². The molecule has 0 aromatic rings. The second-order valence-corrected chi connectivity index (χ2v) is 31.1. The highest BCUT2D eigenvalue weighted by molar-refractivity contribution is 7.47. The van der Waals surface area contributed by atoms with Crippen molar-refractivity contribution in [3.63, 3.8) is 0 Å². The third-order valence-electron chi connectivity index (χ3n) is 18.7. The molecule has 0 aliphatic heterocycles. The van der Waals surface area contributed by atoms with Gasteiger partial charge in [0.15, 0.2) is 12.2 Å². The Morgan fingerprint density at radius 2 is 0.500 bits per heavy atom. The van der Waals surface area contributed by atoms with Crippen molar-refractivity contribution in [3.05, 3.63) is 0 Å². The fourth-order valence-electron chi connectivity index (χ4n) is 11.8. The molecule has 0 bridgehead atoms. The van der Waals surface area contributed by atoms with Crippen LogP contribution in [0.15, 0.2) is 0 Å². The number of esters is 4. The van der Waals surface area contributed by atoms with Crippen LogP contribution < -0.4 is 0 Å². The number of phosphoric ester groups is 2. The molecule has 0 aliphatic carbocycles. The summed E-state index contributed by atoms with van der Waals surface area (Å²) in [6, 6.07) is 0. The van der Waals surface area contributed by atoms with E-state index in [0.29, 0.717) is 25.7 Å². The fraction of sp³-hybridized carbons (Fsp3) is 0.948. The molecule has 0 saturated carbocycles. The standard InChI is InChI=1S/C77H150O17P2/c1-7-11-13-15-17-19-20-21-22-23-24-25-26-27-28-29-30-36-43-49-55-61-76(81)93-72(66-88-75(80)60-54-48-42-35-32-31-34-39-45-51-57-69(5)9-3)67-91-95(83,84)89-63-71(78)64-90-96(85,86)92-68-73(65-87-74(79)59-53-47-41-33-18-16-14-12-8-2)94-77(82)62-56-50-44-38-37-40-46-52-58-70(6)10-4/h69-73,78H,7-68H2,1-6H3,(H,83,84)(H,85,86)/t69?,70?,71-,72-,73-/m1/s1. The lowest BCUT2D eigenvalue weighted by atomic mass is 9.99. The minimum absolute atomic E-state index is 0.105. The number of rotatable bonds is 76. The summed E-state index contributed by atoms with van der Waals surface area (Å²) >= 11 is 0. The van der Waals surface area contributed by atoms with E-state index in [2.05, 4.69) is 41.5 Å². The zero-order valence-corrected chi connectivity index (χ0v) is 64.5. The molecule has 0 aliphatic rings. The maximum absolute atomic E-state index is 13.1. The molecule has 0 radical (unpaired) electrons. The highest BCUT2D eigenvalue weighted by Gasteiger charge is 2.30. The molecule has 7 atom stereocenters. The number of aliphatic hydroxyl groups excluding tert-OH is 1. The largest absolute Gasteiger partial charge is 0.472 e. The predicted octanol–water partition coefficient (Wildman–Crippen LogP) is 22.7. The molecule has 0 aromatic heterocycles. The summed E-state index contributed by atoms with van der Waals surface area (Å²) in [5, 5.41) is 10.6. The number of carbonyl (C=O) groups is 4. The third kappa shape index (κ3) is 67.9. The maximum Gasteiger partial charge on any atom is 0.472 e. The van der Waals surface area contributed by atoms with Crippen LogP contribution in [0.25, 0.3) is 0 Å². The topological polar surface area (TPSA) is 237 Å². The van der Waals surface area contributed by atoms with Crippen LogP contribution in [0.2, 0.25) is 0 Å². The first kappa shape index (κ1) is 94.1. The Kier molecular flexibility index (Phi) is 67.4. The van der Waals surface area contributed by atoms with Gasteiger partial charge in [-0.05, 0) is 37.5 Å². The number of carbonyl (C=O) groups excluding carboxylic acids is 4. The van der Waals surface area contributed by atoms with Crippen LogP contribution >= 0.6 is 15.6 Å². The van der Waals surface area contributed by atoms with E-state index in [1.807, 2.05) is 0 Å². The van der Waals surface area contributed by atoms with E-state index in [9.17, 15) is 43.2 Å². The third-order valence-corrected chi connectivity index (χ3v) is 20.6. The Balaban J connectivity index is 5.20. The molecule has 570 valence electrons. The Labute approximate surface area is 588 Å². The van der Waals surface area contributed by atoms with E-state index >= 15 is 0 Å². The molecule has 19 heteroatoms. The molecule has 3 N–H and O–H groups in total. The average Bonchev–Trinajstić information content (AvgIpc) is 1.16. The van der Waals surface area contributed by atoms with Crippen LogP contribution in [0.1, 0.15) is 401 Å². The van der Waals surface area contributed by atoms with Crippen molar-refractivity contribution in [3.8, 4) is 0 Å². The molecule has 4 unspecified atom stereocenters. The minimum atomic E-state index is -4.96. The molecule has 0 aromatic carbocycles.